The van der Waals surface area contributed by atoms with Crippen molar-refractivity contribution in [2.45, 2.75) is 13.0 Å². The quantitative estimate of drug-likeness (QED) is 0.461. The molecule has 0 aliphatic carbocycles. The summed E-state index contributed by atoms with van der Waals surface area (Å²) in [5, 5.41) is 14.6. The Hall–Kier alpha value is -3.03. The molecule has 1 amide bonds. The van der Waals surface area contributed by atoms with E-state index in [1.54, 1.807) is 35.1 Å². The molecule has 31 heavy (non-hydrogen) atoms. The second kappa shape index (κ2) is 8.99. The Morgan fingerprint density at radius 3 is 2.65 bits per heavy atom. The summed E-state index contributed by atoms with van der Waals surface area (Å²) >= 11 is 12.3. The molecule has 1 aliphatic rings. The number of hydrogen-bond acceptors (Lipinski definition) is 4. The van der Waals surface area contributed by atoms with Crippen LogP contribution in [0.25, 0.3) is 0 Å². The molecule has 0 bridgehead atoms. The van der Waals surface area contributed by atoms with Crippen molar-refractivity contribution < 1.29 is 9.18 Å². The summed E-state index contributed by atoms with van der Waals surface area (Å²) in [6, 6.07) is 12.7. The Morgan fingerprint density at radius 2 is 1.90 bits per heavy atom. The number of benzene rings is 2. The number of nitrogens with one attached hydrogen (secondary N) is 3. The predicted octanol–water partition coefficient (Wildman–Crippen LogP) is 4.85. The zero-order valence-corrected chi connectivity index (χ0v) is 18.1. The molecule has 0 saturated heterocycles. The van der Waals surface area contributed by atoms with E-state index < -0.39 is 6.04 Å². The Morgan fingerprint density at radius 1 is 1.13 bits per heavy atom. The van der Waals surface area contributed by atoms with Crippen LogP contribution in [0.15, 0.2) is 66.0 Å². The van der Waals surface area contributed by atoms with Crippen LogP contribution in [0.1, 0.15) is 18.5 Å². The smallest absolute Gasteiger partial charge is 0.251 e. The van der Waals surface area contributed by atoms with E-state index in [0.29, 0.717) is 28.7 Å². The van der Waals surface area contributed by atoms with E-state index in [2.05, 4.69) is 21.0 Å². The van der Waals surface area contributed by atoms with Crippen molar-refractivity contribution in [1.29, 1.82) is 0 Å². The van der Waals surface area contributed by atoms with Gasteiger partial charge in [0.25, 0.3) is 5.91 Å². The molecule has 160 valence electrons. The molecule has 0 radical (unpaired) electrons. The lowest BCUT2D eigenvalue weighted by Gasteiger charge is -2.30. The van der Waals surface area contributed by atoms with Crippen LogP contribution < -0.4 is 16.0 Å². The molecule has 1 unspecified atom stereocenters. The minimum Gasteiger partial charge on any atom is -0.383 e. The van der Waals surface area contributed by atoms with Crippen molar-refractivity contribution in [2.75, 3.05) is 23.7 Å². The number of carbonyl (C=O) groups excluding carboxylic acids is 1. The number of allylic oxidation sites excluding steroid dienone is 1. The van der Waals surface area contributed by atoms with Gasteiger partial charge in [0.2, 0.25) is 0 Å². The molecule has 0 saturated carbocycles. The fourth-order valence-electron chi connectivity index (χ4n) is 3.54. The first-order chi connectivity index (χ1) is 14.9. The Bertz CT molecular complexity index is 1140. The summed E-state index contributed by atoms with van der Waals surface area (Å²) in [5.74, 6) is 0.267. The van der Waals surface area contributed by atoms with E-state index in [4.69, 9.17) is 23.2 Å². The first kappa shape index (κ1) is 21.2. The van der Waals surface area contributed by atoms with Crippen LogP contribution in [0.4, 0.5) is 15.9 Å². The van der Waals surface area contributed by atoms with Gasteiger partial charge in [-0.1, -0.05) is 29.3 Å². The Balaban J connectivity index is 1.52. The van der Waals surface area contributed by atoms with E-state index in [0.717, 1.165) is 22.8 Å². The molecule has 9 heteroatoms. The molecular formula is C22H20Cl2FN5O. The summed E-state index contributed by atoms with van der Waals surface area (Å²) in [6.45, 7) is 2.72. The van der Waals surface area contributed by atoms with Crippen LogP contribution in [0.3, 0.4) is 0 Å². The lowest BCUT2D eigenvalue weighted by molar-refractivity contribution is -0.117. The molecule has 1 atom stereocenters. The van der Waals surface area contributed by atoms with Gasteiger partial charge in [-0.25, -0.2) is 9.07 Å². The molecule has 1 aliphatic heterocycles. The average Bonchev–Trinajstić information content (AvgIpc) is 3.21. The van der Waals surface area contributed by atoms with Crippen molar-refractivity contribution in [3.8, 4) is 0 Å². The standard InChI is InChI=1S/C22H20Cl2FN5O/c1-13-20(22(31)27-11-10-26-16-5-3-15(25)4-6-16)21(30-19(29-13)8-9-28-30)14-2-7-17(23)18(24)12-14/h2-9,12,21,26,29H,10-11H2,1H3,(H,27,31). The third-order valence-corrected chi connectivity index (χ3v) is 5.73. The number of nitrogens with zero attached hydrogens (tertiary/aromatic N) is 2. The lowest BCUT2D eigenvalue weighted by Crippen LogP contribution is -2.36. The zero-order valence-electron chi connectivity index (χ0n) is 16.6. The topological polar surface area (TPSA) is 71.0 Å². The third kappa shape index (κ3) is 4.52. The molecule has 3 aromatic rings. The lowest BCUT2D eigenvalue weighted by atomic mass is 9.95. The maximum absolute atomic E-state index is 13.1. The largest absolute Gasteiger partial charge is 0.383 e. The average molecular weight is 460 g/mol. The minimum atomic E-state index is -0.453. The number of hydrogen-bond donors (Lipinski definition) is 3. The second-order valence-corrected chi connectivity index (χ2v) is 7.90. The van der Waals surface area contributed by atoms with Gasteiger partial charge >= 0.3 is 0 Å². The van der Waals surface area contributed by atoms with Crippen LogP contribution in [0.2, 0.25) is 10.0 Å². The van der Waals surface area contributed by atoms with Crippen LogP contribution in [0.5, 0.6) is 0 Å². The van der Waals surface area contributed by atoms with Gasteiger partial charge in [-0.05, 0) is 48.9 Å². The van der Waals surface area contributed by atoms with Crippen molar-refractivity contribution in [2.24, 2.45) is 0 Å². The highest BCUT2D eigenvalue weighted by Gasteiger charge is 2.32. The van der Waals surface area contributed by atoms with Crippen LogP contribution in [0, 0.1) is 5.82 Å². The van der Waals surface area contributed by atoms with Gasteiger partial charge in [-0.15, -0.1) is 0 Å². The molecular weight excluding hydrogens is 440 g/mol. The molecule has 4 rings (SSSR count). The fourth-order valence-corrected chi connectivity index (χ4v) is 3.84. The Kier molecular flexibility index (Phi) is 6.15. The van der Waals surface area contributed by atoms with Crippen molar-refractivity contribution in [1.82, 2.24) is 15.1 Å². The summed E-state index contributed by atoms with van der Waals surface area (Å²) in [4.78, 5) is 13.1. The fraction of sp³-hybridized carbons (Fsp3) is 0.182. The van der Waals surface area contributed by atoms with E-state index >= 15 is 0 Å². The van der Waals surface area contributed by atoms with E-state index in [1.165, 1.54) is 12.1 Å². The van der Waals surface area contributed by atoms with Crippen LogP contribution >= 0.6 is 23.2 Å². The minimum absolute atomic E-state index is 0.219. The number of halogens is 3. The highest BCUT2D eigenvalue weighted by molar-refractivity contribution is 6.42. The number of amides is 1. The SMILES string of the molecule is CC1=C(C(=O)NCCNc2ccc(F)cc2)C(c2ccc(Cl)c(Cl)c2)n2nccc2N1. The summed E-state index contributed by atoms with van der Waals surface area (Å²) in [6.07, 6.45) is 1.67. The van der Waals surface area contributed by atoms with Crippen molar-refractivity contribution in [3.05, 3.63) is 87.4 Å². The Labute approximate surface area is 189 Å². The second-order valence-electron chi connectivity index (χ2n) is 7.09. The predicted molar refractivity (Wildman–Crippen MR) is 121 cm³/mol. The molecule has 2 heterocycles. The van der Waals surface area contributed by atoms with Crippen LogP contribution in [-0.4, -0.2) is 28.8 Å². The third-order valence-electron chi connectivity index (χ3n) is 5.00. The van der Waals surface area contributed by atoms with Crippen molar-refractivity contribution in [3.63, 3.8) is 0 Å². The summed E-state index contributed by atoms with van der Waals surface area (Å²) in [5.41, 5.74) is 2.85. The number of fused-ring (bicyclic) bond motifs is 1. The van der Waals surface area contributed by atoms with Gasteiger partial charge < -0.3 is 16.0 Å². The molecule has 0 fully saturated rings. The zero-order chi connectivity index (χ0) is 22.0. The van der Waals surface area contributed by atoms with Gasteiger partial charge in [0, 0.05) is 30.5 Å². The maximum Gasteiger partial charge on any atom is 0.251 e. The first-order valence-corrected chi connectivity index (χ1v) is 10.4. The number of aromatic nitrogens is 2. The normalized spacial score (nSPS) is 15.3. The molecule has 3 N–H and O–H groups in total. The first-order valence-electron chi connectivity index (χ1n) is 9.68. The van der Waals surface area contributed by atoms with E-state index in [1.807, 2.05) is 19.1 Å². The summed E-state index contributed by atoms with van der Waals surface area (Å²) in [7, 11) is 0. The van der Waals surface area contributed by atoms with Crippen LogP contribution in [-0.2, 0) is 4.79 Å². The van der Waals surface area contributed by atoms with Crippen molar-refractivity contribution >= 4 is 40.6 Å². The van der Waals surface area contributed by atoms with Gasteiger partial charge in [0.15, 0.2) is 0 Å². The monoisotopic (exact) mass is 459 g/mol. The van der Waals surface area contributed by atoms with Gasteiger partial charge in [-0.2, -0.15) is 5.10 Å². The highest BCUT2D eigenvalue weighted by atomic mass is 35.5. The molecule has 6 nitrogen and oxygen atoms in total. The number of carbonyl (C=O) groups is 1. The molecule has 0 spiro atoms. The summed E-state index contributed by atoms with van der Waals surface area (Å²) < 4.78 is 14.8. The van der Waals surface area contributed by atoms with Gasteiger partial charge in [0.05, 0.1) is 21.8 Å². The number of anilines is 2. The van der Waals surface area contributed by atoms with E-state index in [9.17, 15) is 9.18 Å². The molecule has 1 aromatic heterocycles. The molecule has 2 aromatic carbocycles. The van der Waals surface area contributed by atoms with Gasteiger partial charge in [0.1, 0.15) is 17.7 Å². The van der Waals surface area contributed by atoms with Gasteiger partial charge in [-0.3, -0.25) is 4.79 Å². The number of rotatable bonds is 6. The van der Waals surface area contributed by atoms with E-state index in [-0.39, 0.29) is 11.7 Å². The maximum atomic E-state index is 13.1. The highest BCUT2D eigenvalue weighted by Crippen LogP contribution is 2.37.